The van der Waals surface area contributed by atoms with Crippen LogP contribution in [-0.2, 0) is 4.79 Å². The number of ketones is 1. The Morgan fingerprint density at radius 2 is 1.91 bits per heavy atom. The summed E-state index contributed by atoms with van der Waals surface area (Å²) in [5.41, 5.74) is 0. The summed E-state index contributed by atoms with van der Waals surface area (Å²) in [5.74, 6) is 0.319. The van der Waals surface area contributed by atoms with Gasteiger partial charge >= 0.3 is 5.37 Å². The van der Waals surface area contributed by atoms with Gasteiger partial charge in [-0.15, -0.1) is 0 Å². The smallest absolute Gasteiger partial charge is 0.298 e. The highest BCUT2D eigenvalue weighted by atomic mass is 35.5. The van der Waals surface area contributed by atoms with Crippen LogP contribution >= 0.6 is 23.5 Å². The van der Waals surface area contributed by atoms with E-state index in [0.717, 1.165) is 51.4 Å². The van der Waals surface area contributed by atoms with E-state index in [1.165, 1.54) is 24.8 Å². The number of nitrogens with zero attached hydrogens (tertiary/aromatic N) is 1. The molecule has 0 saturated heterocycles. The number of hydrogen-bond donors (Lipinski definition) is 0. The van der Waals surface area contributed by atoms with Gasteiger partial charge in [0, 0.05) is 13.0 Å². The second-order valence-corrected chi connectivity index (χ2v) is 7.96. The van der Waals surface area contributed by atoms with Crippen LogP contribution in [0, 0.1) is 0 Å². The van der Waals surface area contributed by atoms with Crippen molar-refractivity contribution in [2.45, 2.75) is 89.2 Å². The molecule has 0 spiro atoms. The third-order valence-corrected chi connectivity index (χ3v) is 6.23. The van der Waals surface area contributed by atoms with E-state index in [4.69, 9.17) is 11.6 Å². The first-order valence-electron chi connectivity index (χ1n) is 8.75. The Balaban J connectivity index is 2.74. The fourth-order valence-corrected chi connectivity index (χ4v) is 4.57. The maximum Gasteiger partial charge on any atom is 0.326 e. The molecule has 0 aromatic carbocycles. The summed E-state index contributed by atoms with van der Waals surface area (Å²) in [6.45, 7) is 4.91. The van der Waals surface area contributed by atoms with Gasteiger partial charge in [-0.1, -0.05) is 52.4 Å². The lowest BCUT2D eigenvalue weighted by atomic mass is 9.83. The Hall–Kier alpha value is -0.220. The summed E-state index contributed by atoms with van der Waals surface area (Å²) in [6, 6.07) is 0. The molecule has 1 saturated carbocycles. The summed E-state index contributed by atoms with van der Waals surface area (Å²) in [7, 11) is 0. The van der Waals surface area contributed by atoms with Gasteiger partial charge in [0.05, 0.1) is 4.75 Å². The molecule has 1 aliphatic rings. The van der Waals surface area contributed by atoms with Gasteiger partial charge in [-0.2, -0.15) is 0 Å². The average molecular weight is 348 g/mol. The fraction of sp³-hybridized carbons (Fsp3) is 0.882. The number of halogens is 1. The molecular formula is C17H30ClNO2S. The van der Waals surface area contributed by atoms with Gasteiger partial charge in [-0.3, -0.25) is 13.9 Å². The van der Waals surface area contributed by atoms with E-state index < -0.39 is 10.1 Å². The average Bonchev–Trinajstić information content (AvgIpc) is 2.50. The highest BCUT2D eigenvalue weighted by Gasteiger charge is 2.42. The molecule has 5 heteroatoms. The lowest BCUT2D eigenvalue weighted by Crippen LogP contribution is -2.42. The largest absolute Gasteiger partial charge is 0.326 e. The molecule has 1 amide bonds. The zero-order valence-corrected chi connectivity index (χ0v) is 15.6. The van der Waals surface area contributed by atoms with Crippen molar-refractivity contribution in [3.05, 3.63) is 0 Å². The molecule has 22 heavy (non-hydrogen) atoms. The standard InChI is InChI=1S/C17H30ClNO2S/c1-3-5-7-9-12-17(13-10-8-11-15(17)20)22-19(16(18)21)14-6-4-2/h3-14H2,1-2H3. The van der Waals surface area contributed by atoms with Crippen molar-refractivity contribution >= 4 is 34.7 Å². The quantitative estimate of drug-likeness (QED) is 0.212. The van der Waals surface area contributed by atoms with E-state index in [9.17, 15) is 9.59 Å². The first kappa shape index (κ1) is 19.8. The highest BCUT2D eigenvalue weighted by Crippen LogP contribution is 2.43. The summed E-state index contributed by atoms with van der Waals surface area (Å²) >= 11 is 7.18. The van der Waals surface area contributed by atoms with Crippen LogP contribution in [0.1, 0.15) is 84.5 Å². The van der Waals surface area contributed by atoms with E-state index in [2.05, 4.69) is 13.8 Å². The zero-order chi connectivity index (χ0) is 16.4. The van der Waals surface area contributed by atoms with Gasteiger partial charge < -0.3 is 0 Å². The van der Waals surface area contributed by atoms with Gasteiger partial charge in [0.15, 0.2) is 5.78 Å². The van der Waals surface area contributed by atoms with E-state index in [-0.39, 0.29) is 0 Å². The normalized spacial score (nSPS) is 21.9. The number of amides is 1. The van der Waals surface area contributed by atoms with E-state index >= 15 is 0 Å². The number of carbonyl (C=O) groups is 2. The molecule has 0 heterocycles. The number of Topliss-reactive ketones (excluding diaryl/α,β-unsaturated/α-hetero) is 1. The van der Waals surface area contributed by atoms with Crippen LogP contribution in [0.4, 0.5) is 4.79 Å². The number of unbranched alkanes of at least 4 members (excludes halogenated alkanes) is 4. The number of hydrogen-bond acceptors (Lipinski definition) is 3. The molecule has 1 aliphatic carbocycles. The number of carbonyl (C=O) groups excluding carboxylic acids is 2. The maximum atomic E-state index is 12.6. The molecule has 3 nitrogen and oxygen atoms in total. The summed E-state index contributed by atoms with van der Waals surface area (Å²) < 4.78 is 1.21. The molecular weight excluding hydrogens is 318 g/mol. The molecule has 0 aromatic rings. The van der Waals surface area contributed by atoms with Crippen LogP contribution < -0.4 is 0 Å². The predicted molar refractivity (Wildman–Crippen MR) is 95.4 cm³/mol. The minimum absolute atomic E-state index is 0.319. The second-order valence-electron chi connectivity index (χ2n) is 6.24. The lowest BCUT2D eigenvalue weighted by molar-refractivity contribution is -0.123. The molecule has 1 unspecified atom stereocenters. The third kappa shape index (κ3) is 6.11. The van der Waals surface area contributed by atoms with Crippen molar-refractivity contribution in [3.8, 4) is 0 Å². The zero-order valence-electron chi connectivity index (χ0n) is 14.0. The van der Waals surface area contributed by atoms with E-state index in [1.807, 2.05) is 0 Å². The Bertz CT molecular complexity index is 365. The Labute approximate surface area is 144 Å². The fourth-order valence-electron chi connectivity index (χ4n) is 2.99. The molecule has 1 atom stereocenters. The van der Waals surface area contributed by atoms with Crippen molar-refractivity contribution < 1.29 is 9.59 Å². The maximum absolute atomic E-state index is 12.6. The first-order chi connectivity index (χ1) is 10.6. The van der Waals surface area contributed by atoms with Crippen molar-refractivity contribution in [3.63, 3.8) is 0 Å². The molecule has 0 aliphatic heterocycles. The summed E-state index contributed by atoms with van der Waals surface area (Å²) in [4.78, 5) is 24.3. The van der Waals surface area contributed by atoms with Crippen LogP contribution in [0.25, 0.3) is 0 Å². The number of rotatable bonds is 10. The Morgan fingerprint density at radius 3 is 2.50 bits per heavy atom. The molecule has 1 rings (SSSR count). The van der Waals surface area contributed by atoms with Gasteiger partial charge in [-0.25, -0.2) is 0 Å². The highest BCUT2D eigenvalue weighted by molar-refractivity contribution is 7.99. The lowest BCUT2D eigenvalue weighted by Gasteiger charge is -2.38. The van der Waals surface area contributed by atoms with Gasteiger partial charge in [0.1, 0.15) is 0 Å². The van der Waals surface area contributed by atoms with Crippen molar-refractivity contribution in [1.29, 1.82) is 0 Å². The molecule has 128 valence electrons. The molecule has 1 fully saturated rings. The Morgan fingerprint density at radius 1 is 1.18 bits per heavy atom. The summed E-state index contributed by atoms with van der Waals surface area (Å²) in [6.07, 6.45) is 11.0. The van der Waals surface area contributed by atoms with Crippen LogP contribution in [0.2, 0.25) is 0 Å². The molecule has 0 N–H and O–H groups in total. The van der Waals surface area contributed by atoms with Gasteiger partial charge in [0.2, 0.25) is 0 Å². The monoisotopic (exact) mass is 347 g/mol. The minimum atomic E-state index is -0.440. The molecule has 0 bridgehead atoms. The molecule has 0 radical (unpaired) electrons. The van der Waals surface area contributed by atoms with Crippen molar-refractivity contribution in [1.82, 2.24) is 4.31 Å². The van der Waals surface area contributed by atoms with E-state index in [0.29, 0.717) is 18.7 Å². The van der Waals surface area contributed by atoms with Crippen LogP contribution in [0.3, 0.4) is 0 Å². The summed E-state index contributed by atoms with van der Waals surface area (Å²) in [5, 5.41) is -0.440. The van der Waals surface area contributed by atoms with Crippen molar-refractivity contribution in [2.75, 3.05) is 6.54 Å². The van der Waals surface area contributed by atoms with Gasteiger partial charge in [0.25, 0.3) is 0 Å². The molecule has 0 aromatic heterocycles. The predicted octanol–water partition coefficient (Wildman–Crippen LogP) is 5.95. The third-order valence-electron chi connectivity index (χ3n) is 4.37. The van der Waals surface area contributed by atoms with Crippen molar-refractivity contribution in [2.24, 2.45) is 0 Å². The van der Waals surface area contributed by atoms with Crippen LogP contribution in [0.15, 0.2) is 0 Å². The van der Waals surface area contributed by atoms with Crippen LogP contribution in [0.5, 0.6) is 0 Å². The minimum Gasteiger partial charge on any atom is -0.298 e. The first-order valence-corrected chi connectivity index (χ1v) is 9.90. The SMILES string of the molecule is CCCCCCC1(SN(CCCC)C(=O)Cl)CCCCC1=O. The van der Waals surface area contributed by atoms with E-state index in [1.54, 1.807) is 4.31 Å². The topological polar surface area (TPSA) is 37.4 Å². The van der Waals surface area contributed by atoms with Gasteiger partial charge in [-0.05, 0) is 49.2 Å². The second kappa shape index (κ2) is 10.5. The Kier molecular flexibility index (Phi) is 9.49. The van der Waals surface area contributed by atoms with Crippen LogP contribution in [-0.4, -0.2) is 26.7 Å².